The SMILES string of the molecule is CCOC(=O)c1cncn1C[C@@H]1CC2c3cccc4[nH]cc(c34)C[C@H]2N(C)C1. The van der Waals surface area contributed by atoms with Gasteiger partial charge in [0, 0.05) is 42.1 Å². The van der Waals surface area contributed by atoms with Gasteiger partial charge in [-0.25, -0.2) is 9.78 Å². The first kappa shape index (κ1) is 17.5. The van der Waals surface area contributed by atoms with Crippen LogP contribution < -0.4 is 0 Å². The molecule has 0 spiro atoms. The third kappa shape index (κ3) is 2.75. The Labute approximate surface area is 164 Å². The fraction of sp³-hybridized carbons (Fsp3) is 0.455. The Morgan fingerprint density at radius 3 is 3.14 bits per heavy atom. The molecule has 1 aliphatic carbocycles. The summed E-state index contributed by atoms with van der Waals surface area (Å²) in [6.07, 6.45) is 7.77. The molecule has 28 heavy (non-hydrogen) atoms. The molecule has 1 unspecified atom stereocenters. The van der Waals surface area contributed by atoms with Gasteiger partial charge >= 0.3 is 5.97 Å². The molecule has 0 bridgehead atoms. The molecule has 146 valence electrons. The Balaban J connectivity index is 1.42. The van der Waals surface area contributed by atoms with E-state index in [4.69, 9.17) is 4.74 Å². The number of carbonyl (C=O) groups is 1. The van der Waals surface area contributed by atoms with E-state index in [9.17, 15) is 4.79 Å². The molecule has 1 fully saturated rings. The van der Waals surface area contributed by atoms with Crippen LogP contribution in [0.4, 0.5) is 0 Å². The second-order valence-electron chi connectivity index (χ2n) is 8.15. The molecule has 2 aliphatic rings. The molecule has 1 saturated heterocycles. The lowest BCUT2D eigenvalue weighted by Crippen LogP contribution is -2.48. The number of rotatable bonds is 4. The summed E-state index contributed by atoms with van der Waals surface area (Å²) >= 11 is 0. The monoisotopic (exact) mass is 378 g/mol. The largest absolute Gasteiger partial charge is 0.461 e. The summed E-state index contributed by atoms with van der Waals surface area (Å²) in [6, 6.07) is 7.17. The van der Waals surface area contributed by atoms with Gasteiger partial charge in [0.25, 0.3) is 0 Å². The number of aromatic amines is 1. The zero-order valence-corrected chi connectivity index (χ0v) is 16.4. The van der Waals surface area contributed by atoms with Crippen LogP contribution in [0.15, 0.2) is 36.9 Å². The van der Waals surface area contributed by atoms with Crippen molar-refractivity contribution in [3.05, 3.63) is 53.7 Å². The number of ether oxygens (including phenoxy) is 1. The minimum Gasteiger partial charge on any atom is -0.461 e. The van der Waals surface area contributed by atoms with Crippen molar-refractivity contribution in [1.29, 1.82) is 0 Å². The lowest BCUT2D eigenvalue weighted by Gasteiger charge is -2.45. The van der Waals surface area contributed by atoms with Crippen LogP contribution in [-0.4, -0.2) is 51.6 Å². The van der Waals surface area contributed by atoms with Crippen molar-refractivity contribution in [2.24, 2.45) is 5.92 Å². The fourth-order valence-electron chi connectivity index (χ4n) is 5.31. The minimum absolute atomic E-state index is 0.290. The number of H-pyrrole nitrogens is 1. The molecule has 0 amide bonds. The van der Waals surface area contributed by atoms with Gasteiger partial charge in [-0.15, -0.1) is 0 Å². The Hall–Kier alpha value is -2.60. The molecule has 3 aromatic rings. The Morgan fingerprint density at radius 2 is 2.29 bits per heavy atom. The third-order valence-electron chi connectivity index (χ3n) is 6.46. The molecule has 3 atom stereocenters. The number of piperidine rings is 1. The molecule has 1 N–H and O–H groups in total. The van der Waals surface area contributed by atoms with Gasteiger partial charge in [0.15, 0.2) is 0 Å². The average Bonchev–Trinajstić information content (AvgIpc) is 3.31. The molecule has 3 heterocycles. The number of hydrogen-bond donors (Lipinski definition) is 1. The van der Waals surface area contributed by atoms with Crippen molar-refractivity contribution in [2.75, 3.05) is 20.2 Å². The van der Waals surface area contributed by atoms with E-state index in [0.717, 1.165) is 25.9 Å². The van der Waals surface area contributed by atoms with Gasteiger partial charge in [0.2, 0.25) is 0 Å². The predicted molar refractivity (Wildman–Crippen MR) is 107 cm³/mol. The van der Waals surface area contributed by atoms with Crippen LogP contribution in [0, 0.1) is 5.92 Å². The van der Waals surface area contributed by atoms with Crippen LogP contribution in [0.1, 0.15) is 40.9 Å². The molecule has 5 rings (SSSR count). The second kappa shape index (κ2) is 6.78. The molecule has 1 aromatic carbocycles. The van der Waals surface area contributed by atoms with Gasteiger partial charge in [-0.1, -0.05) is 12.1 Å². The number of carbonyl (C=O) groups excluding carboxylic acids is 1. The first-order chi connectivity index (χ1) is 13.7. The lowest BCUT2D eigenvalue weighted by molar-refractivity contribution is 0.0508. The molecule has 6 heteroatoms. The van der Waals surface area contributed by atoms with E-state index >= 15 is 0 Å². The van der Waals surface area contributed by atoms with Gasteiger partial charge in [0.05, 0.1) is 19.1 Å². The summed E-state index contributed by atoms with van der Waals surface area (Å²) in [5.74, 6) is 0.691. The zero-order valence-electron chi connectivity index (χ0n) is 16.4. The summed E-state index contributed by atoms with van der Waals surface area (Å²) in [5.41, 5.74) is 4.70. The van der Waals surface area contributed by atoms with Crippen molar-refractivity contribution in [3.63, 3.8) is 0 Å². The molecule has 6 nitrogen and oxygen atoms in total. The number of benzene rings is 1. The Kier molecular flexibility index (Phi) is 4.23. The maximum absolute atomic E-state index is 12.2. The van der Waals surface area contributed by atoms with Crippen molar-refractivity contribution in [1.82, 2.24) is 19.4 Å². The van der Waals surface area contributed by atoms with E-state index in [1.165, 1.54) is 22.0 Å². The van der Waals surface area contributed by atoms with Crippen LogP contribution in [0.3, 0.4) is 0 Å². The molecular weight excluding hydrogens is 352 g/mol. The van der Waals surface area contributed by atoms with Crippen molar-refractivity contribution in [2.45, 2.75) is 38.3 Å². The predicted octanol–water partition coefficient (Wildman–Crippen LogP) is 3.20. The number of esters is 1. The van der Waals surface area contributed by atoms with E-state index in [1.807, 2.05) is 11.5 Å². The number of fused-ring (bicyclic) bond motifs is 2. The van der Waals surface area contributed by atoms with Crippen LogP contribution in [-0.2, 0) is 17.7 Å². The van der Waals surface area contributed by atoms with Gasteiger partial charge in [0.1, 0.15) is 5.69 Å². The van der Waals surface area contributed by atoms with Crippen molar-refractivity contribution in [3.8, 4) is 0 Å². The number of aromatic nitrogens is 3. The topological polar surface area (TPSA) is 63.1 Å². The average molecular weight is 378 g/mol. The maximum atomic E-state index is 12.2. The summed E-state index contributed by atoms with van der Waals surface area (Å²) in [7, 11) is 2.24. The molecule has 0 saturated carbocycles. The fourth-order valence-corrected chi connectivity index (χ4v) is 5.31. The number of hydrogen-bond acceptors (Lipinski definition) is 4. The molecular formula is C22H26N4O2. The highest BCUT2D eigenvalue weighted by atomic mass is 16.5. The summed E-state index contributed by atoms with van der Waals surface area (Å²) < 4.78 is 7.14. The summed E-state index contributed by atoms with van der Waals surface area (Å²) in [4.78, 5) is 22.3. The smallest absolute Gasteiger partial charge is 0.356 e. The zero-order chi connectivity index (χ0) is 19.3. The third-order valence-corrected chi connectivity index (χ3v) is 6.46. The normalized spacial score (nSPS) is 24.3. The van der Waals surface area contributed by atoms with Crippen LogP contribution in [0.2, 0.25) is 0 Å². The number of likely N-dealkylation sites (tertiary alicyclic amines) is 1. The lowest BCUT2D eigenvalue weighted by atomic mass is 9.72. The highest BCUT2D eigenvalue weighted by Crippen LogP contribution is 2.44. The first-order valence-corrected chi connectivity index (χ1v) is 10.1. The van der Waals surface area contributed by atoms with Gasteiger partial charge in [-0.3, -0.25) is 0 Å². The first-order valence-electron chi connectivity index (χ1n) is 10.1. The van der Waals surface area contributed by atoms with E-state index in [1.54, 1.807) is 12.5 Å². The standard InChI is InChI=1S/C22H26N4O2/c1-3-28-22(27)20-10-23-13-26(20)12-14-7-17-16-5-4-6-18-21(16)15(9-24-18)8-19(17)25(2)11-14/h4-6,9-10,13-14,17,19,24H,3,7-8,11-12H2,1-2H3/t14-,17?,19-/m1/s1. The molecule has 1 aliphatic heterocycles. The maximum Gasteiger partial charge on any atom is 0.356 e. The van der Waals surface area contributed by atoms with Crippen molar-refractivity contribution < 1.29 is 9.53 Å². The second-order valence-corrected chi connectivity index (χ2v) is 8.15. The number of nitrogens with zero attached hydrogens (tertiary/aromatic N) is 3. The van der Waals surface area contributed by atoms with Gasteiger partial charge in [-0.05, 0) is 49.9 Å². The number of nitrogens with one attached hydrogen (secondary N) is 1. The molecule has 0 radical (unpaired) electrons. The van der Waals surface area contributed by atoms with Crippen LogP contribution >= 0.6 is 0 Å². The van der Waals surface area contributed by atoms with E-state index in [2.05, 4.69) is 46.3 Å². The highest BCUT2D eigenvalue weighted by molar-refractivity contribution is 5.88. The van der Waals surface area contributed by atoms with Gasteiger partial charge in [-0.2, -0.15) is 0 Å². The Bertz CT molecular complexity index is 1020. The number of likely N-dealkylation sites (N-methyl/N-ethyl adjacent to an activating group) is 1. The summed E-state index contributed by atoms with van der Waals surface area (Å²) in [5, 5.41) is 1.42. The Morgan fingerprint density at radius 1 is 1.39 bits per heavy atom. The van der Waals surface area contributed by atoms with Crippen LogP contribution in [0.5, 0.6) is 0 Å². The quantitative estimate of drug-likeness (QED) is 0.708. The van der Waals surface area contributed by atoms with Crippen molar-refractivity contribution >= 4 is 16.9 Å². The van der Waals surface area contributed by atoms with E-state index < -0.39 is 0 Å². The minimum atomic E-state index is -0.290. The van der Waals surface area contributed by atoms with Gasteiger partial charge < -0.3 is 19.2 Å². The summed E-state index contributed by atoms with van der Waals surface area (Å²) in [6.45, 7) is 4.02. The highest BCUT2D eigenvalue weighted by Gasteiger charge is 2.39. The van der Waals surface area contributed by atoms with Crippen LogP contribution in [0.25, 0.3) is 10.9 Å². The number of imidazole rings is 1. The molecule has 2 aromatic heterocycles. The van der Waals surface area contributed by atoms with E-state index in [-0.39, 0.29) is 5.97 Å². The van der Waals surface area contributed by atoms with E-state index in [0.29, 0.717) is 30.2 Å².